The summed E-state index contributed by atoms with van der Waals surface area (Å²) in [6.07, 6.45) is 1.20. The third kappa shape index (κ3) is 4.21. The minimum atomic E-state index is -1.22. The van der Waals surface area contributed by atoms with Crippen molar-refractivity contribution in [3.8, 4) is 17.2 Å². The highest BCUT2D eigenvalue weighted by Crippen LogP contribution is 2.39. The molecule has 29 heavy (non-hydrogen) atoms. The van der Waals surface area contributed by atoms with Crippen LogP contribution in [0.1, 0.15) is 16.7 Å². The summed E-state index contributed by atoms with van der Waals surface area (Å²) in [6.45, 7) is 0. The summed E-state index contributed by atoms with van der Waals surface area (Å²) >= 11 is 0. The standard InChI is InChI=1S/C21H19NO7/c1-26-16-9-14(10-17(27-2)19(16)28-3)20-22-15(21(25)29-20)8-12-6-4-5-7-13(12)11-18(23)24/h4-10H,11H2,1-3H3,(H,23,24)/p-1/b15-8+. The lowest BCUT2D eigenvalue weighted by molar-refractivity contribution is -0.304. The summed E-state index contributed by atoms with van der Waals surface area (Å²) < 4.78 is 21.2. The van der Waals surface area contributed by atoms with Crippen LogP contribution in [0.4, 0.5) is 0 Å². The second-order valence-corrected chi connectivity index (χ2v) is 6.00. The summed E-state index contributed by atoms with van der Waals surface area (Å²) in [5.74, 6) is -0.633. The number of carbonyl (C=O) groups is 2. The highest BCUT2D eigenvalue weighted by molar-refractivity contribution is 6.13. The first kappa shape index (κ1) is 19.9. The van der Waals surface area contributed by atoms with Gasteiger partial charge in [-0.05, 0) is 29.3 Å². The van der Waals surface area contributed by atoms with E-state index in [-0.39, 0.29) is 18.0 Å². The van der Waals surface area contributed by atoms with Crippen molar-refractivity contribution in [3.05, 3.63) is 58.8 Å². The van der Waals surface area contributed by atoms with Gasteiger partial charge in [0.2, 0.25) is 11.6 Å². The van der Waals surface area contributed by atoms with E-state index in [1.165, 1.54) is 27.4 Å². The number of benzene rings is 2. The fourth-order valence-electron chi connectivity index (χ4n) is 2.88. The number of nitrogens with zero attached hydrogens (tertiary/aromatic N) is 1. The Hall–Kier alpha value is -3.81. The summed E-state index contributed by atoms with van der Waals surface area (Å²) in [6, 6.07) is 9.99. The third-order valence-corrected chi connectivity index (χ3v) is 4.21. The van der Waals surface area contributed by atoms with Crippen LogP contribution in [0.3, 0.4) is 0 Å². The lowest BCUT2D eigenvalue weighted by Gasteiger charge is -2.13. The molecule has 0 atom stereocenters. The maximum absolute atomic E-state index is 12.3. The monoisotopic (exact) mass is 396 g/mol. The van der Waals surface area contributed by atoms with E-state index in [2.05, 4.69) is 4.99 Å². The molecule has 0 radical (unpaired) electrons. The molecule has 150 valence electrons. The van der Waals surface area contributed by atoms with Crippen LogP contribution < -0.4 is 19.3 Å². The van der Waals surface area contributed by atoms with Gasteiger partial charge in [-0.2, -0.15) is 0 Å². The quantitative estimate of drug-likeness (QED) is 0.514. The van der Waals surface area contributed by atoms with Crippen molar-refractivity contribution in [2.45, 2.75) is 6.42 Å². The SMILES string of the molecule is COc1cc(C2=N/C(=C/c3ccccc3CC(=O)[O-])C(=O)O2)cc(OC)c1OC. The van der Waals surface area contributed by atoms with Crippen molar-refractivity contribution < 1.29 is 33.6 Å². The Labute approximate surface area is 167 Å². The molecule has 8 nitrogen and oxygen atoms in total. The molecule has 0 spiro atoms. The molecule has 0 amide bonds. The largest absolute Gasteiger partial charge is 0.550 e. The first-order valence-corrected chi connectivity index (χ1v) is 8.57. The summed E-state index contributed by atoms with van der Waals surface area (Å²) in [7, 11) is 4.43. The molecule has 2 aromatic rings. The minimum absolute atomic E-state index is 0.0412. The average Bonchev–Trinajstić information content (AvgIpc) is 3.08. The van der Waals surface area contributed by atoms with Crippen molar-refractivity contribution in [3.63, 3.8) is 0 Å². The van der Waals surface area contributed by atoms with E-state index in [0.717, 1.165) is 0 Å². The first-order chi connectivity index (χ1) is 14.0. The van der Waals surface area contributed by atoms with E-state index < -0.39 is 11.9 Å². The number of esters is 1. The molecule has 0 aromatic heterocycles. The van der Waals surface area contributed by atoms with E-state index in [0.29, 0.717) is 33.9 Å². The van der Waals surface area contributed by atoms with Gasteiger partial charge in [0.05, 0.1) is 21.3 Å². The van der Waals surface area contributed by atoms with Gasteiger partial charge in [-0.15, -0.1) is 0 Å². The van der Waals surface area contributed by atoms with Gasteiger partial charge in [0.1, 0.15) is 0 Å². The number of methoxy groups -OCH3 is 3. The van der Waals surface area contributed by atoms with Gasteiger partial charge in [0.25, 0.3) is 0 Å². The van der Waals surface area contributed by atoms with Gasteiger partial charge in [0.15, 0.2) is 17.2 Å². The first-order valence-electron chi connectivity index (χ1n) is 8.57. The average molecular weight is 396 g/mol. The van der Waals surface area contributed by atoms with Crippen molar-refractivity contribution >= 4 is 23.9 Å². The number of carboxylic acid groups (broad SMARTS) is 1. The molecular formula is C21H18NO7-. The van der Waals surface area contributed by atoms with E-state index >= 15 is 0 Å². The third-order valence-electron chi connectivity index (χ3n) is 4.21. The Balaban J connectivity index is 2.01. The number of carbonyl (C=O) groups excluding carboxylic acids is 2. The van der Waals surface area contributed by atoms with Gasteiger partial charge in [-0.3, -0.25) is 0 Å². The summed E-state index contributed by atoms with van der Waals surface area (Å²) in [5.41, 5.74) is 1.54. The van der Waals surface area contributed by atoms with Crippen molar-refractivity contribution in [1.29, 1.82) is 0 Å². The van der Waals surface area contributed by atoms with Crippen LogP contribution in [0.5, 0.6) is 17.2 Å². The molecule has 0 fully saturated rings. The molecule has 0 bridgehead atoms. The topological polar surface area (TPSA) is 106 Å². The Morgan fingerprint density at radius 2 is 1.76 bits per heavy atom. The molecule has 3 rings (SSSR count). The molecule has 0 unspecified atom stereocenters. The number of cyclic esters (lactones) is 1. The molecule has 2 aromatic carbocycles. The van der Waals surface area contributed by atoms with Crippen molar-refractivity contribution in [1.82, 2.24) is 0 Å². The second kappa shape index (κ2) is 8.47. The predicted octanol–water partition coefficient (Wildman–Crippen LogP) is 1.35. The number of ether oxygens (including phenoxy) is 4. The van der Waals surface area contributed by atoms with E-state index in [9.17, 15) is 14.7 Å². The zero-order chi connectivity index (χ0) is 21.0. The second-order valence-electron chi connectivity index (χ2n) is 6.00. The smallest absolute Gasteiger partial charge is 0.363 e. The van der Waals surface area contributed by atoms with Crippen LogP contribution in [0.2, 0.25) is 0 Å². The highest BCUT2D eigenvalue weighted by atomic mass is 16.6. The lowest BCUT2D eigenvalue weighted by Crippen LogP contribution is -2.24. The Morgan fingerprint density at radius 1 is 1.10 bits per heavy atom. The normalized spacial score (nSPS) is 14.4. The highest BCUT2D eigenvalue weighted by Gasteiger charge is 2.26. The van der Waals surface area contributed by atoms with Crippen LogP contribution in [0.15, 0.2) is 47.1 Å². The van der Waals surface area contributed by atoms with Gasteiger partial charge in [-0.25, -0.2) is 9.79 Å². The molecule has 0 saturated carbocycles. The molecule has 0 N–H and O–H groups in total. The maximum atomic E-state index is 12.3. The molecule has 1 heterocycles. The lowest BCUT2D eigenvalue weighted by atomic mass is 10.0. The van der Waals surface area contributed by atoms with Gasteiger partial charge >= 0.3 is 5.97 Å². The summed E-state index contributed by atoms with van der Waals surface area (Å²) in [5, 5.41) is 10.9. The number of carboxylic acids is 1. The molecule has 0 saturated heterocycles. The van der Waals surface area contributed by atoms with E-state index in [4.69, 9.17) is 18.9 Å². The van der Waals surface area contributed by atoms with E-state index in [1.807, 2.05) is 0 Å². The number of aliphatic imine (C=N–C) groups is 1. The number of hydrogen-bond donors (Lipinski definition) is 0. The van der Waals surface area contributed by atoms with Gasteiger partial charge in [0, 0.05) is 18.0 Å². The maximum Gasteiger partial charge on any atom is 0.363 e. The van der Waals surface area contributed by atoms with Gasteiger partial charge in [-0.1, -0.05) is 24.3 Å². The Bertz CT molecular complexity index is 998. The van der Waals surface area contributed by atoms with Crippen LogP contribution in [0, 0.1) is 0 Å². The molecule has 8 heteroatoms. The fraction of sp³-hybridized carbons (Fsp3) is 0.190. The fourth-order valence-corrected chi connectivity index (χ4v) is 2.88. The predicted molar refractivity (Wildman–Crippen MR) is 102 cm³/mol. The van der Waals surface area contributed by atoms with Crippen LogP contribution in [0.25, 0.3) is 6.08 Å². The molecule has 1 aliphatic rings. The van der Waals surface area contributed by atoms with Crippen LogP contribution in [-0.2, 0) is 20.7 Å². The Kier molecular flexibility index (Phi) is 5.82. The van der Waals surface area contributed by atoms with Crippen LogP contribution >= 0.6 is 0 Å². The number of hydrogen-bond acceptors (Lipinski definition) is 8. The molecule has 0 aliphatic carbocycles. The number of rotatable bonds is 7. The Morgan fingerprint density at radius 3 is 2.34 bits per heavy atom. The molecule has 1 aliphatic heterocycles. The van der Waals surface area contributed by atoms with Gasteiger partial charge < -0.3 is 28.8 Å². The zero-order valence-electron chi connectivity index (χ0n) is 16.1. The van der Waals surface area contributed by atoms with Crippen LogP contribution in [-0.4, -0.2) is 39.2 Å². The van der Waals surface area contributed by atoms with E-state index in [1.54, 1.807) is 36.4 Å². The number of aliphatic carboxylic acids is 1. The molecular weight excluding hydrogens is 378 g/mol. The zero-order valence-corrected chi connectivity index (χ0v) is 16.1. The summed E-state index contributed by atoms with van der Waals surface area (Å²) in [4.78, 5) is 27.5. The minimum Gasteiger partial charge on any atom is -0.550 e. The van der Waals surface area contributed by atoms with Crippen molar-refractivity contribution in [2.24, 2.45) is 4.99 Å². The van der Waals surface area contributed by atoms with Crippen molar-refractivity contribution in [2.75, 3.05) is 21.3 Å².